The number of aryl methyl sites for hydroxylation is 1. The highest BCUT2D eigenvalue weighted by atomic mass is 16.2. The maximum Gasteiger partial charge on any atom is 0.223 e. The highest BCUT2D eigenvalue weighted by Crippen LogP contribution is 2.25. The SMILES string of the molecule is CC1(C)C(=O)CCCN1C(=O)CCc1cc[nH]c1. The van der Waals surface area contributed by atoms with Gasteiger partial charge in [-0.1, -0.05) is 0 Å². The van der Waals surface area contributed by atoms with Gasteiger partial charge in [0.05, 0.1) is 5.54 Å². The second-order valence-corrected chi connectivity index (χ2v) is 5.35. The number of carbonyl (C=O) groups excluding carboxylic acids is 2. The fourth-order valence-electron chi connectivity index (χ4n) is 2.47. The smallest absolute Gasteiger partial charge is 0.223 e. The van der Waals surface area contributed by atoms with E-state index in [2.05, 4.69) is 4.98 Å². The number of nitrogens with one attached hydrogen (secondary N) is 1. The van der Waals surface area contributed by atoms with E-state index in [0.717, 1.165) is 18.4 Å². The number of likely N-dealkylation sites (tertiary alicyclic amines) is 1. The van der Waals surface area contributed by atoms with Gasteiger partial charge in [0.15, 0.2) is 5.78 Å². The normalized spacial score (nSPS) is 19.0. The fraction of sp³-hybridized carbons (Fsp3) is 0.571. The van der Waals surface area contributed by atoms with Crippen molar-refractivity contribution in [3.8, 4) is 0 Å². The Bertz CT molecular complexity index is 435. The second-order valence-electron chi connectivity index (χ2n) is 5.35. The molecule has 4 nitrogen and oxygen atoms in total. The Hall–Kier alpha value is -1.58. The van der Waals surface area contributed by atoms with Crippen LogP contribution in [0.2, 0.25) is 0 Å². The summed E-state index contributed by atoms with van der Waals surface area (Å²) >= 11 is 0. The zero-order valence-corrected chi connectivity index (χ0v) is 11.0. The second kappa shape index (κ2) is 4.96. The van der Waals surface area contributed by atoms with E-state index in [0.29, 0.717) is 19.4 Å². The maximum atomic E-state index is 12.2. The number of hydrogen-bond acceptors (Lipinski definition) is 2. The van der Waals surface area contributed by atoms with Crippen LogP contribution in [0.5, 0.6) is 0 Å². The first-order valence-corrected chi connectivity index (χ1v) is 6.47. The van der Waals surface area contributed by atoms with Gasteiger partial charge < -0.3 is 9.88 Å². The molecule has 2 heterocycles. The summed E-state index contributed by atoms with van der Waals surface area (Å²) in [6, 6.07) is 1.97. The number of rotatable bonds is 3. The summed E-state index contributed by atoms with van der Waals surface area (Å²) < 4.78 is 0. The van der Waals surface area contributed by atoms with E-state index in [1.165, 1.54) is 0 Å². The van der Waals surface area contributed by atoms with Crippen molar-refractivity contribution in [2.75, 3.05) is 6.54 Å². The molecule has 0 spiro atoms. The van der Waals surface area contributed by atoms with E-state index in [9.17, 15) is 9.59 Å². The van der Waals surface area contributed by atoms with Crippen molar-refractivity contribution >= 4 is 11.7 Å². The molecule has 2 rings (SSSR count). The third-order valence-electron chi connectivity index (χ3n) is 3.73. The largest absolute Gasteiger partial charge is 0.367 e. The Morgan fingerprint density at radius 1 is 1.50 bits per heavy atom. The number of aromatic nitrogens is 1. The molecule has 0 saturated carbocycles. The number of H-pyrrole nitrogens is 1. The minimum atomic E-state index is -0.631. The summed E-state index contributed by atoms with van der Waals surface area (Å²) in [4.78, 5) is 28.8. The average Bonchev–Trinajstić information content (AvgIpc) is 2.82. The van der Waals surface area contributed by atoms with Gasteiger partial charge in [0.2, 0.25) is 5.91 Å². The molecule has 0 radical (unpaired) electrons. The predicted molar refractivity (Wildman–Crippen MR) is 69.1 cm³/mol. The lowest BCUT2D eigenvalue weighted by atomic mass is 9.88. The molecule has 18 heavy (non-hydrogen) atoms. The van der Waals surface area contributed by atoms with E-state index in [-0.39, 0.29) is 11.7 Å². The number of nitrogens with zero attached hydrogens (tertiary/aromatic N) is 1. The molecule has 1 saturated heterocycles. The molecule has 1 aliphatic heterocycles. The van der Waals surface area contributed by atoms with Crippen molar-refractivity contribution < 1.29 is 9.59 Å². The van der Waals surface area contributed by atoms with Gasteiger partial charge in [0.25, 0.3) is 0 Å². The monoisotopic (exact) mass is 248 g/mol. The van der Waals surface area contributed by atoms with Crippen molar-refractivity contribution in [1.82, 2.24) is 9.88 Å². The molecule has 0 atom stereocenters. The van der Waals surface area contributed by atoms with Gasteiger partial charge >= 0.3 is 0 Å². The Morgan fingerprint density at radius 3 is 2.94 bits per heavy atom. The zero-order chi connectivity index (χ0) is 13.2. The molecule has 1 N–H and O–H groups in total. The average molecular weight is 248 g/mol. The number of carbonyl (C=O) groups is 2. The Balaban J connectivity index is 1.97. The van der Waals surface area contributed by atoms with Gasteiger partial charge in [0.1, 0.15) is 0 Å². The molecule has 1 aromatic rings. The van der Waals surface area contributed by atoms with Crippen LogP contribution in [0.3, 0.4) is 0 Å². The lowest BCUT2D eigenvalue weighted by Gasteiger charge is -2.41. The topological polar surface area (TPSA) is 53.2 Å². The van der Waals surface area contributed by atoms with E-state index >= 15 is 0 Å². The molecule has 98 valence electrons. The van der Waals surface area contributed by atoms with Crippen LogP contribution in [0.25, 0.3) is 0 Å². The number of piperidine rings is 1. The Labute approximate surface area is 107 Å². The first-order valence-electron chi connectivity index (χ1n) is 6.47. The Morgan fingerprint density at radius 2 is 2.28 bits per heavy atom. The van der Waals surface area contributed by atoms with E-state index in [1.807, 2.05) is 32.3 Å². The summed E-state index contributed by atoms with van der Waals surface area (Å²) in [5.74, 6) is 0.248. The molecule has 0 bridgehead atoms. The van der Waals surface area contributed by atoms with Crippen molar-refractivity contribution in [2.24, 2.45) is 0 Å². The first kappa shape index (κ1) is 12.9. The van der Waals surface area contributed by atoms with Crippen LogP contribution in [0.4, 0.5) is 0 Å². The molecular formula is C14H20N2O2. The molecule has 0 aromatic carbocycles. The Kier molecular flexibility index (Phi) is 3.55. The van der Waals surface area contributed by atoms with E-state index < -0.39 is 5.54 Å². The lowest BCUT2D eigenvalue weighted by Crippen LogP contribution is -2.56. The van der Waals surface area contributed by atoms with Crippen LogP contribution in [-0.4, -0.2) is 33.7 Å². The first-order chi connectivity index (χ1) is 8.51. The number of Topliss-reactive ketones (excluding diaryl/α,β-unsaturated/α-hetero) is 1. The van der Waals surface area contributed by atoms with Gasteiger partial charge in [-0.15, -0.1) is 0 Å². The number of ketones is 1. The summed E-state index contributed by atoms with van der Waals surface area (Å²) in [5, 5.41) is 0. The van der Waals surface area contributed by atoms with Crippen LogP contribution in [-0.2, 0) is 16.0 Å². The van der Waals surface area contributed by atoms with Gasteiger partial charge in [-0.25, -0.2) is 0 Å². The summed E-state index contributed by atoms with van der Waals surface area (Å²) in [6.45, 7) is 4.40. The lowest BCUT2D eigenvalue weighted by molar-refractivity contribution is -0.148. The van der Waals surface area contributed by atoms with Crippen LogP contribution in [0.1, 0.15) is 38.7 Å². The van der Waals surface area contributed by atoms with Crippen LogP contribution in [0.15, 0.2) is 18.5 Å². The summed E-state index contributed by atoms with van der Waals surface area (Å²) in [6.07, 6.45) is 6.33. The minimum Gasteiger partial charge on any atom is -0.367 e. The zero-order valence-electron chi connectivity index (χ0n) is 11.0. The van der Waals surface area contributed by atoms with Crippen molar-refractivity contribution in [1.29, 1.82) is 0 Å². The minimum absolute atomic E-state index is 0.0780. The molecular weight excluding hydrogens is 228 g/mol. The van der Waals surface area contributed by atoms with Gasteiger partial charge in [0, 0.05) is 31.8 Å². The third-order valence-corrected chi connectivity index (χ3v) is 3.73. The number of amides is 1. The molecule has 1 aromatic heterocycles. The summed E-state index contributed by atoms with van der Waals surface area (Å²) in [7, 11) is 0. The summed E-state index contributed by atoms with van der Waals surface area (Å²) in [5.41, 5.74) is 0.498. The molecule has 1 fully saturated rings. The quantitative estimate of drug-likeness (QED) is 0.888. The van der Waals surface area contributed by atoms with Crippen molar-refractivity contribution in [3.63, 3.8) is 0 Å². The molecule has 0 unspecified atom stereocenters. The van der Waals surface area contributed by atoms with Crippen molar-refractivity contribution in [3.05, 3.63) is 24.0 Å². The molecule has 1 amide bonds. The number of hydrogen-bond donors (Lipinski definition) is 1. The maximum absolute atomic E-state index is 12.2. The van der Waals surface area contributed by atoms with E-state index in [1.54, 1.807) is 4.90 Å². The predicted octanol–water partition coefficient (Wildman–Crippen LogP) is 1.92. The fourth-order valence-corrected chi connectivity index (χ4v) is 2.47. The van der Waals surface area contributed by atoms with E-state index in [4.69, 9.17) is 0 Å². The highest BCUT2D eigenvalue weighted by Gasteiger charge is 2.39. The van der Waals surface area contributed by atoms with Gasteiger partial charge in [-0.05, 0) is 38.3 Å². The molecule has 0 aliphatic carbocycles. The third kappa shape index (κ3) is 2.47. The van der Waals surface area contributed by atoms with Crippen molar-refractivity contribution in [2.45, 2.75) is 45.1 Å². The number of aromatic amines is 1. The van der Waals surface area contributed by atoms with Crippen LogP contribution in [0, 0.1) is 0 Å². The highest BCUT2D eigenvalue weighted by molar-refractivity contribution is 5.93. The van der Waals surface area contributed by atoms with Crippen LogP contribution >= 0.6 is 0 Å². The molecule has 4 heteroatoms. The van der Waals surface area contributed by atoms with Crippen LogP contribution < -0.4 is 0 Å². The molecule has 1 aliphatic rings. The van der Waals surface area contributed by atoms with Gasteiger partial charge in [-0.2, -0.15) is 0 Å². The standard InChI is InChI=1S/C14H20N2O2/c1-14(2)12(17)4-3-9-16(14)13(18)6-5-11-7-8-15-10-11/h7-8,10,15H,3-6,9H2,1-2H3. The van der Waals surface area contributed by atoms with Gasteiger partial charge in [-0.3, -0.25) is 9.59 Å².